The minimum Gasteiger partial charge on any atom is -0.497 e. The summed E-state index contributed by atoms with van der Waals surface area (Å²) in [5.41, 5.74) is 0.749. The maximum absolute atomic E-state index is 11.9. The molecule has 0 amide bonds. The van der Waals surface area contributed by atoms with Gasteiger partial charge in [0.15, 0.2) is 11.9 Å². The van der Waals surface area contributed by atoms with Crippen LogP contribution < -0.4 is 9.47 Å². The molecule has 0 aliphatic rings. The number of aryl methyl sites for hydroxylation is 1. The van der Waals surface area contributed by atoms with Crippen molar-refractivity contribution < 1.29 is 23.5 Å². The normalized spacial score (nSPS) is 12.2. The van der Waals surface area contributed by atoms with E-state index in [0.29, 0.717) is 17.3 Å². The first-order valence-corrected chi connectivity index (χ1v) is 6.93. The van der Waals surface area contributed by atoms with Crippen LogP contribution in [0.25, 0.3) is 6.08 Å². The fraction of sp³-hybridized carbons (Fsp3) is 0.312. The molecule has 23 heavy (non-hydrogen) atoms. The third-order valence-corrected chi connectivity index (χ3v) is 2.97. The zero-order chi connectivity index (χ0) is 16.8. The van der Waals surface area contributed by atoms with Crippen LogP contribution in [0.2, 0.25) is 0 Å². The number of esters is 1. The Balaban J connectivity index is 2.03. The standard InChI is InChI=1S/C16H18N2O5/c1-10(16-17-11(2)18-23-16)22-15(19)6-5-12-7-13(20-3)9-14(8-12)21-4/h5-10H,1-4H3. The summed E-state index contributed by atoms with van der Waals surface area (Å²) in [7, 11) is 3.12. The first-order valence-electron chi connectivity index (χ1n) is 6.93. The van der Waals surface area contributed by atoms with E-state index in [0.717, 1.165) is 5.56 Å². The number of methoxy groups -OCH3 is 2. The largest absolute Gasteiger partial charge is 0.497 e. The van der Waals surface area contributed by atoms with Gasteiger partial charge in [-0.2, -0.15) is 4.98 Å². The average molecular weight is 318 g/mol. The number of carbonyl (C=O) groups is 1. The molecule has 0 saturated carbocycles. The predicted molar refractivity (Wildman–Crippen MR) is 82.1 cm³/mol. The average Bonchev–Trinajstić information content (AvgIpc) is 2.99. The minimum atomic E-state index is -0.617. The van der Waals surface area contributed by atoms with E-state index in [-0.39, 0.29) is 5.89 Å². The predicted octanol–water partition coefficient (Wildman–Crippen LogP) is 2.71. The van der Waals surface area contributed by atoms with Gasteiger partial charge in [-0.3, -0.25) is 0 Å². The van der Waals surface area contributed by atoms with Crippen LogP contribution in [-0.4, -0.2) is 30.3 Å². The van der Waals surface area contributed by atoms with Gasteiger partial charge < -0.3 is 18.7 Å². The highest BCUT2D eigenvalue weighted by molar-refractivity contribution is 5.87. The van der Waals surface area contributed by atoms with Crippen molar-refractivity contribution in [2.24, 2.45) is 0 Å². The van der Waals surface area contributed by atoms with Gasteiger partial charge in [-0.25, -0.2) is 4.79 Å². The van der Waals surface area contributed by atoms with Crippen molar-refractivity contribution in [3.8, 4) is 11.5 Å². The number of hydrogen-bond acceptors (Lipinski definition) is 7. The topological polar surface area (TPSA) is 83.7 Å². The lowest BCUT2D eigenvalue weighted by molar-refractivity contribution is -0.143. The number of benzene rings is 1. The van der Waals surface area contributed by atoms with Gasteiger partial charge in [0.25, 0.3) is 5.89 Å². The molecule has 1 heterocycles. The van der Waals surface area contributed by atoms with E-state index in [4.69, 9.17) is 18.7 Å². The van der Waals surface area contributed by atoms with Crippen LogP contribution in [-0.2, 0) is 9.53 Å². The summed E-state index contributed by atoms with van der Waals surface area (Å²) in [6.07, 6.45) is 2.31. The molecule has 1 unspecified atom stereocenters. The maximum Gasteiger partial charge on any atom is 0.331 e. The lowest BCUT2D eigenvalue weighted by Crippen LogP contribution is -2.06. The minimum absolute atomic E-state index is 0.257. The second-order valence-electron chi connectivity index (χ2n) is 4.74. The Morgan fingerprint density at radius 1 is 1.22 bits per heavy atom. The molecule has 7 nitrogen and oxygen atoms in total. The molecule has 0 aliphatic carbocycles. The van der Waals surface area contributed by atoms with Gasteiger partial charge in [-0.05, 0) is 37.6 Å². The third kappa shape index (κ3) is 4.57. The number of aromatic nitrogens is 2. The Labute approximate surface area is 133 Å². The first-order chi connectivity index (χ1) is 11.0. The molecule has 1 atom stereocenters. The fourth-order valence-corrected chi connectivity index (χ4v) is 1.83. The van der Waals surface area contributed by atoms with Crippen molar-refractivity contribution in [2.75, 3.05) is 14.2 Å². The van der Waals surface area contributed by atoms with E-state index in [2.05, 4.69) is 10.1 Å². The molecule has 1 aromatic heterocycles. The highest BCUT2D eigenvalue weighted by Gasteiger charge is 2.16. The van der Waals surface area contributed by atoms with Gasteiger partial charge in [0.2, 0.25) is 0 Å². The second-order valence-corrected chi connectivity index (χ2v) is 4.74. The van der Waals surface area contributed by atoms with Gasteiger partial charge in [0.1, 0.15) is 11.5 Å². The Hall–Kier alpha value is -2.83. The van der Waals surface area contributed by atoms with Crippen LogP contribution in [0.4, 0.5) is 0 Å². The summed E-state index contributed by atoms with van der Waals surface area (Å²) in [4.78, 5) is 15.9. The molecule has 0 radical (unpaired) electrons. The summed E-state index contributed by atoms with van der Waals surface area (Å²) in [5.74, 6) is 1.49. The lowest BCUT2D eigenvalue weighted by atomic mass is 10.2. The van der Waals surface area contributed by atoms with Crippen LogP contribution in [0.1, 0.15) is 30.3 Å². The molecule has 0 saturated heterocycles. The second kappa shape index (κ2) is 7.44. The van der Waals surface area contributed by atoms with Crippen molar-refractivity contribution in [1.82, 2.24) is 10.1 Å². The van der Waals surface area contributed by atoms with Gasteiger partial charge in [0, 0.05) is 12.1 Å². The zero-order valence-corrected chi connectivity index (χ0v) is 13.4. The van der Waals surface area contributed by atoms with Gasteiger partial charge in [-0.15, -0.1) is 0 Å². The van der Waals surface area contributed by atoms with Crippen LogP contribution in [0.5, 0.6) is 11.5 Å². The molecule has 1 aromatic carbocycles. The molecule has 0 N–H and O–H groups in total. The van der Waals surface area contributed by atoms with Gasteiger partial charge in [0.05, 0.1) is 14.2 Å². The maximum atomic E-state index is 11.9. The van der Waals surface area contributed by atoms with Crippen LogP contribution in [0, 0.1) is 6.92 Å². The highest BCUT2D eigenvalue weighted by atomic mass is 16.6. The Bertz CT molecular complexity index is 686. The Morgan fingerprint density at radius 2 is 1.87 bits per heavy atom. The summed E-state index contributed by atoms with van der Waals surface area (Å²) in [5, 5.41) is 3.65. The first kappa shape index (κ1) is 16.5. The number of rotatable bonds is 6. The van der Waals surface area contributed by atoms with E-state index in [1.165, 1.54) is 6.08 Å². The summed E-state index contributed by atoms with van der Waals surface area (Å²) in [6, 6.07) is 5.30. The van der Waals surface area contributed by atoms with E-state index in [1.807, 2.05) is 0 Å². The van der Waals surface area contributed by atoms with Crippen LogP contribution >= 0.6 is 0 Å². The van der Waals surface area contributed by atoms with Crippen molar-refractivity contribution in [1.29, 1.82) is 0 Å². The summed E-state index contributed by atoms with van der Waals surface area (Å²) in [6.45, 7) is 3.35. The van der Waals surface area contributed by atoms with E-state index < -0.39 is 12.1 Å². The molecule has 122 valence electrons. The third-order valence-electron chi connectivity index (χ3n) is 2.97. The molecule has 0 bridgehead atoms. The lowest BCUT2D eigenvalue weighted by Gasteiger charge is -2.07. The van der Waals surface area contributed by atoms with Gasteiger partial charge >= 0.3 is 5.97 Å². The SMILES string of the molecule is COc1cc(C=CC(=O)OC(C)c2nc(C)no2)cc(OC)c1. The smallest absolute Gasteiger partial charge is 0.331 e. The number of nitrogens with zero attached hydrogens (tertiary/aromatic N) is 2. The van der Waals surface area contributed by atoms with E-state index in [9.17, 15) is 4.79 Å². The molecular weight excluding hydrogens is 300 g/mol. The van der Waals surface area contributed by atoms with Crippen molar-refractivity contribution in [3.63, 3.8) is 0 Å². The number of hydrogen-bond donors (Lipinski definition) is 0. The van der Waals surface area contributed by atoms with E-state index >= 15 is 0 Å². The van der Waals surface area contributed by atoms with Crippen LogP contribution in [0.15, 0.2) is 28.8 Å². The van der Waals surface area contributed by atoms with Crippen molar-refractivity contribution >= 4 is 12.0 Å². The summed E-state index contributed by atoms with van der Waals surface area (Å²) >= 11 is 0. The highest BCUT2D eigenvalue weighted by Crippen LogP contribution is 2.23. The zero-order valence-electron chi connectivity index (χ0n) is 13.4. The molecule has 0 fully saturated rings. The molecule has 2 rings (SSSR count). The molecular formula is C16H18N2O5. The van der Waals surface area contributed by atoms with Crippen molar-refractivity contribution in [2.45, 2.75) is 20.0 Å². The van der Waals surface area contributed by atoms with Crippen LogP contribution in [0.3, 0.4) is 0 Å². The van der Waals surface area contributed by atoms with Gasteiger partial charge in [-0.1, -0.05) is 5.16 Å². The van der Waals surface area contributed by atoms with Crippen molar-refractivity contribution in [3.05, 3.63) is 41.6 Å². The molecule has 7 heteroatoms. The fourth-order valence-electron chi connectivity index (χ4n) is 1.83. The molecule has 0 aliphatic heterocycles. The van der Waals surface area contributed by atoms with E-state index in [1.54, 1.807) is 52.3 Å². The monoisotopic (exact) mass is 318 g/mol. The number of ether oxygens (including phenoxy) is 3. The quantitative estimate of drug-likeness (QED) is 0.598. The Kier molecular flexibility index (Phi) is 5.35. The molecule has 2 aromatic rings. The number of carbonyl (C=O) groups excluding carboxylic acids is 1. The summed E-state index contributed by atoms with van der Waals surface area (Å²) < 4.78 is 20.5. The Morgan fingerprint density at radius 3 is 2.39 bits per heavy atom. The molecule has 0 spiro atoms.